The third kappa shape index (κ3) is 5.74. The summed E-state index contributed by atoms with van der Waals surface area (Å²) >= 11 is 6.25. The van der Waals surface area contributed by atoms with E-state index in [0.717, 1.165) is 29.2 Å². The first-order valence-corrected chi connectivity index (χ1v) is 9.61. The summed E-state index contributed by atoms with van der Waals surface area (Å²) in [5.41, 5.74) is 0.924. The van der Waals surface area contributed by atoms with Gasteiger partial charge in [-0.3, -0.25) is 4.79 Å². The van der Waals surface area contributed by atoms with E-state index in [2.05, 4.69) is 5.32 Å². The Labute approximate surface area is 167 Å². The second-order valence-corrected chi connectivity index (χ2v) is 7.37. The SMILES string of the molecule is COc1ccc(OCCCOc2ccc(/C=C3\SC(=S)NC3=O)cc2)cc1. The number of thioether (sulfide) groups is 1. The Hall–Kier alpha value is -2.51. The van der Waals surface area contributed by atoms with Crippen LogP contribution in [0.1, 0.15) is 12.0 Å². The minimum absolute atomic E-state index is 0.151. The van der Waals surface area contributed by atoms with Gasteiger partial charge >= 0.3 is 0 Å². The number of amides is 1. The van der Waals surface area contributed by atoms with E-state index >= 15 is 0 Å². The zero-order valence-corrected chi connectivity index (χ0v) is 16.4. The molecule has 0 radical (unpaired) electrons. The van der Waals surface area contributed by atoms with E-state index in [4.69, 9.17) is 26.4 Å². The van der Waals surface area contributed by atoms with Gasteiger partial charge in [-0.1, -0.05) is 36.1 Å². The molecule has 1 aliphatic rings. The Morgan fingerprint density at radius 3 is 2.04 bits per heavy atom. The fraction of sp³-hybridized carbons (Fsp3) is 0.200. The van der Waals surface area contributed by atoms with E-state index in [1.165, 1.54) is 11.8 Å². The number of thiocarbonyl (C=S) groups is 1. The van der Waals surface area contributed by atoms with Crippen molar-refractivity contribution in [2.75, 3.05) is 20.3 Å². The van der Waals surface area contributed by atoms with Gasteiger partial charge in [0, 0.05) is 6.42 Å². The van der Waals surface area contributed by atoms with Gasteiger partial charge in [0.15, 0.2) is 0 Å². The summed E-state index contributed by atoms with van der Waals surface area (Å²) in [6, 6.07) is 15.1. The molecule has 5 nitrogen and oxygen atoms in total. The molecule has 7 heteroatoms. The van der Waals surface area contributed by atoms with Crippen LogP contribution in [-0.4, -0.2) is 30.6 Å². The van der Waals surface area contributed by atoms with Crippen LogP contribution in [-0.2, 0) is 4.79 Å². The first-order valence-electron chi connectivity index (χ1n) is 8.38. The molecule has 0 unspecified atom stereocenters. The van der Waals surface area contributed by atoms with E-state index in [9.17, 15) is 4.79 Å². The van der Waals surface area contributed by atoms with Gasteiger partial charge in [-0.2, -0.15) is 0 Å². The Morgan fingerprint density at radius 1 is 0.963 bits per heavy atom. The number of benzene rings is 2. The number of rotatable bonds is 8. The van der Waals surface area contributed by atoms with Crippen molar-refractivity contribution in [3.8, 4) is 17.2 Å². The standard InChI is InChI=1S/C20H19NO4S2/c1-23-15-7-9-17(10-8-15)25-12-2-11-24-16-5-3-14(4-6-16)13-18-19(22)21-20(26)27-18/h3-10,13H,2,11-12H2,1H3,(H,21,22,26)/b18-13-. The number of nitrogens with one attached hydrogen (secondary N) is 1. The van der Waals surface area contributed by atoms with Crippen molar-refractivity contribution in [2.45, 2.75) is 6.42 Å². The molecule has 140 valence electrons. The third-order valence-electron chi connectivity index (χ3n) is 3.71. The van der Waals surface area contributed by atoms with Crippen LogP contribution >= 0.6 is 24.0 Å². The summed E-state index contributed by atoms with van der Waals surface area (Å²) in [5.74, 6) is 2.24. The lowest BCUT2D eigenvalue weighted by Crippen LogP contribution is -2.17. The average Bonchev–Trinajstić information content (AvgIpc) is 3.00. The van der Waals surface area contributed by atoms with Gasteiger partial charge < -0.3 is 19.5 Å². The van der Waals surface area contributed by atoms with Gasteiger partial charge in [0.25, 0.3) is 5.91 Å². The van der Waals surface area contributed by atoms with Crippen LogP contribution in [0.2, 0.25) is 0 Å². The van der Waals surface area contributed by atoms with Crippen LogP contribution in [0.25, 0.3) is 6.08 Å². The molecule has 1 saturated heterocycles. The van der Waals surface area contributed by atoms with Crippen LogP contribution in [0.3, 0.4) is 0 Å². The molecule has 0 saturated carbocycles. The topological polar surface area (TPSA) is 56.8 Å². The minimum atomic E-state index is -0.151. The van der Waals surface area contributed by atoms with Crippen LogP contribution in [0, 0.1) is 0 Å². The van der Waals surface area contributed by atoms with Gasteiger partial charge in [0.1, 0.15) is 21.6 Å². The summed E-state index contributed by atoms with van der Waals surface area (Å²) in [6.07, 6.45) is 2.58. The lowest BCUT2D eigenvalue weighted by atomic mass is 10.2. The fourth-order valence-corrected chi connectivity index (χ4v) is 3.39. The number of methoxy groups -OCH3 is 1. The number of carbonyl (C=O) groups excluding carboxylic acids is 1. The predicted octanol–water partition coefficient (Wildman–Crippen LogP) is 4.03. The molecule has 2 aromatic rings. The van der Waals surface area contributed by atoms with Crippen molar-refractivity contribution in [3.63, 3.8) is 0 Å². The normalized spacial score (nSPS) is 14.9. The van der Waals surface area contributed by atoms with Crippen LogP contribution in [0.15, 0.2) is 53.4 Å². The van der Waals surface area contributed by atoms with Crippen molar-refractivity contribution in [3.05, 3.63) is 59.0 Å². The molecule has 1 amide bonds. The summed E-state index contributed by atoms with van der Waals surface area (Å²) < 4.78 is 17.0. The molecular formula is C20H19NO4S2. The molecule has 1 fully saturated rings. The largest absolute Gasteiger partial charge is 0.497 e. The molecule has 1 aliphatic heterocycles. The third-order valence-corrected chi connectivity index (χ3v) is 4.87. The van der Waals surface area contributed by atoms with Crippen LogP contribution in [0.5, 0.6) is 17.2 Å². The molecular weight excluding hydrogens is 382 g/mol. The van der Waals surface area contributed by atoms with Crippen molar-refractivity contribution in [1.29, 1.82) is 0 Å². The molecule has 0 spiro atoms. The fourth-order valence-electron chi connectivity index (χ4n) is 2.34. The molecule has 0 aliphatic carbocycles. The Balaban J connectivity index is 1.40. The molecule has 1 N–H and O–H groups in total. The zero-order valence-electron chi connectivity index (χ0n) is 14.8. The van der Waals surface area contributed by atoms with E-state index in [1.54, 1.807) is 7.11 Å². The highest BCUT2D eigenvalue weighted by molar-refractivity contribution is 8.26. The smallest absolute Gasteiger partial charge is 0.263 e. The lowest BCUT2D eigenvalue weighted by molar-refractivity contribution is -0.115. The predicted molar refractivity (Wildman–Crippen MR) is 111 cm³/mol. The van der Waals surface area contributed by atoms with Crippen molar-refractivity contribution >= 4 is 40.3 Å². The highest BCUT2D eigenvalue weighted by Gasteiger charge is 2.21. The lowest BCUT2D eigenvalue weighted by Gasteiger charge is -2.09. The zero-order chi connectivity index (χ0) is 19.1. The van der Waals surface area contributed by atoms with Gasteiger partial charge in [0.2, 0.25) is 0 Å². The molecule has 1 heterocycles. The molecule has 0 bridgehead atoms. The number of carbonyl (C=O) groups is 1. The molecule has 27 heavy (non-hydrogen) atoms. The molecule has 3 rings (SSSR count). The first-order chi connectivity index (χ1) is 13.1. The van der Waals surface area contributed by atoms with E-state index in [0.29, 0.717) is 22.4 Å². The Bertz CT molecular complexity index is 832. The second-order valence-electron chi connectivity index (χ2n) is 5.65. The van der Waals surface area contributed by atoms with Crippen LogP contribution < -0.4 is 19.5 Å². The first kappa shape index (κ1) is 19.3. The molecule has 0 atom stereocenters. The maximum absolute atomic E-state index is 11.7. The van der Waals surface area contributed by atoms with E-state index in [1.807, 2.05) is 54.6 Å². The van der Waals surface area contributed by atoms with Gasteiger partial charge in [-0.05, 0) is 48.0 Å². The summed E-state index contributed by atoms with van der Waals surface area (Å²) in [5, 5.41) is 2.60. The van der Waals surface area contributed by atoms with E-state index < -0.39 is 0 Å². The van der Waals surface area contributed by atoms with E-state index in [-0.39, 0.29) is 5.91 Å². The number of hydrogen-bond donors (Lipinski definition) is 1. The van der Waals surface area contributed by atoms with Crippen molar-refractivity contribution < 1.29 is 19.0 Å². The molecule has 0 aromatic heterocycles. The monoisotopic (exact) mass is 401 g/mol. The number of hydrogen-bond acceptors (Lipinski definition) is 6. The summed E-state index contributed by atoms with van der Waals surface area (Å²) in [7, 11) is 1.64. The highest BCUT2D eigenvalue weighted by atomic mass is 32.2. The van der Waals surface area contributed by atoms with Gasteiger partial charge in [-0.25, -0.2) is 0 Å². The van der Waals surface area contributed by atoms with Gasteiger partial charge in [0.05, 0.1) is 25.2 Å². The Kier molecular flexibility index (Phi) is 6.73. The average molecular weight is 402 g/mol. The maximum atomic E-state index is 11.7. The number of ether oxygens (including phenoxy) is 3. The second kappa shape index (κ2) is 9.43. The minimum Gasteiger partial charge on any atom is -0.497 e. The van der Waals surface area contributed by atoms with Crippen molar-refractivity contribution in [2.24, 2.45) is 0 Å². The maximum Gasteiger partial charge on any atom is 0.263 e. The van der Waals surface area contributed by atoms with Crippen molar-refractivity contribution in [1.82, 2.24) is 5.32 Å². The summed E-state index contributed by atoms with van der Waals surface area (Å²) in [6.45, 7) is 1.13. The molecule has 2 aromatic carbocycles. The van der Waals surface area contributed by atoms with Gasteiger partial charge in [-0.15, -0.1) is 0 Å². The van der Waals surface area contributed by atoms with Crippen LogP contribution in [0.4, 0.5) is 0 Å². The Morgan fingerprint density at radius 2 is 1.52 bits per heavy atom. The summed E-state index contributed by atoms with van der Waals surface area (Å²) in [4.78, 5) is 12.3. The highest BCUT2D eigenvalue weighted by Crippen LogP contribution is 2.26. The quantitative estimate of drug-likeness (QED) is 0.409.